The Morgan fingerprint density at radius 3 is 2.33 bits per heavy atom. The molecule has 0 fully saturated rings. The predicted octanol–water partition coefficient (Wildman–Crippen LogP) is 2.78. The van der Waals surface area contributed by atoms with E-state index in [1.165, 1.54) is 0 Å². The van der Waals surface area contributed by atoms with Gasteiger partial charge in [0.2, 0.25) is 0 Å². The van der Waals surface area contributed by atoms with Crippen LogP contribution in [-0.2, 0) is 6.61 Å². The van der Waals surface area contributed by atoms with Crippen molar-refractivity contribution in [2.45, 2.75) is 6.61 Å². The first-order chi connectivity index (χ1) is 8.72. The molecule has 2 aromatic rings. The number of hydrogen-bond acceptors (Lipinski definition) is 2. The monoisotopic (exact) mass is 236 g/mol. The standard InChI is InChI=1S/C16H12O2/c1-10-12-4-2-3-5-14(12)16(18)15-8-11(9-17)6-7-13(10)15/h2-8,17H,1,9H2. The molecule has 0 heterocycles. The number of hydrogen-bond donors (Lipinski definition) is 1. The second-order valence-corrected chi connectivity index (χ2v) is 4.39. The van der Waals surface area contributed by atoms with Crippen molar-refractivity contribution in [3.63, 3.8) is 0 Å². The van der Waals surface area contributed by atoms with Crippen molar-refractivity contribution in [1.29, 1.82) is 0 Å². The molecular weight excluding hydrogens is 224 g/mol. The van der Waals surface area contributed by atoms with Gasteiger partial charge in [0, 0.05) is 11.1 Å². The average Bonchev–Trinajstić information content (AvgIpc) is 2.44. The van der Waals surface area contributed by atoms with Gasteiger partial charge in [-0.2, -0.15) is 0 Å². The Morgan fingerprint density at radius 2 is 1.61 bits per heavy atom. The summed E-state index contributed by atoms with van der Waals surface area (Å²) in [7, 11) is 0. The predicted molar refractivity (Wildman–Crippen MR) is 70.4 cm³/mol. The lowest BCUT2D eigenvalue weighted by Gasteiger charge is -2.21. The summed E-state index contributed by atoms with van der Waals surface area (Å²) in [4.78, 5) is 12.4. The quantitative estimate of drug-likeness (QED) is 0.705. The number of carbonyl (C=O) groups excluding carboxylic acids is 1. The molecule has 1 aliphatic carbocycles. The molecule has 0 saturated heterocycles. The van der Waals surface area contributed by atoms with E-state index in [0.717, 1.165) is 22.3 Å². The summed E-state index contributed by atoms with van der Waals surface area (Å²) in [5.41, 5.74) is 4.68. The Kier molecular flexibility index (Phi) is 2.39. The number of aliphatic hydroxyl groups excluding tert-OH is 1. The number of carbonyl (C=O) groups is 1. The molecular formula is C16H12O2. The topological polar surface area (TPSA) is 37.3 Å². The van der Waals surface area contributed by atoms with Crippen molar-refractivity contribution in [2.24, 2.45) is 0 Å². The van der Waals surface area contributed by atoms with Gasteiger partial charge in [-0.25, -0.2) is 0 Å². The highest BCUT2D eigenvalue weighted by molar-refractivity contribution is 6.18. The van der Waals surface area contributed by atoms with Crippen LogP contribution >= 0.6 is 0 Å². The Labute approximate surface area is 105 Å². The van der Waals surface area contributed by atoms with Crippen molar-refractivity contribution in [3.05, 3.63) is 76.9 Å². The molecule has 0 bridgehead atoms. The van der Waals surface area contributed by atoms with Gasteiger partial charge in [0.25, 0.3) is 0 Å². The van der Waals surface area contributed by atoms with Crippen LogP contribution in [0.1, 0.15) is 32.6 Å². The molecule has 0 aliphatic heterocycles. The Hall–Kier alpha value is -2.19. The lowest BCUT2D eigenvalue weighted by atomic mass is 9.81. The van der Waals surface area contributed by atoms with Gasteiger partial charge in [0.15, 0.2) is 5.78 Å². The van der Waals surface area contributed by atoms with Gasteiger partial charge in [-0.1, -0.05) is 43.0 Å². The molecule has 2 nitrogen and oxygen atoms in total. The summed E-state index contributed by atoms with van der Waals surface area (Å²) in [5.74, 6) is 0.00306. The number of aliphatic hydroxyl groups is 1. The minimum Gasteiger partial charge on any atom is -0.392 e. The Bertz CT molecular complexity index is 669. The van der Waals surface area contributed by atoms with Crippen molar-refractivity contribution >= 4 is 11.4 Å². The molecule has 18 heavy (non-hydrogen) atoms. The first-order valence-electron chi connectivity index (χ1n) is 5.79. The summed E-state index contributed by atoms with van der Waals surface area (Å²) < 4.78 is 0. The highest BCUT2D eigenvalue weighted by Crippen LogP contribution is 2.34. The second kappa shape index (κ2) is 3.93. The lowest BCUT2D eigenvalue weighted by molar-refractivity contribution is 0.103. The fourth-order valence-corrected chi connectivity index (χ4v) is 2.38. The summed E-state index contributed by atoms with van der Waals surface area (Å²) in [6.45, 7) is 4.01. The Morgan fingerprint density at radius 1 is 0.944 bits per heavy atom. The molecule has 1 N–H and O–H groups in total. The normalized spacial score (nSPS) is 13.2. The number of fused-ring (bicyclic) bond motifs is 2. The van der Waals surface area contributed by atoms with Crippen LogP contribution in [0, 0.1) is 0 Å². The third-order valence-electron chi connectivity index (χ3n) is 3.33. The summed E-state index contributed by atoms with van der Waals surface area (Å²) >= 11 is 0. The maximum absolute atomic E-state index is 12.4. The van der Waals surface area contributed by atoms with Crippen LogP contribution < -0.4 is 0 Å². The molecule has 0 saturated carbocycles. The van der Waals surface area contributed by atoms with Gasteiger partial charge < -0.3 is 5.11 Å². The van der Waals surface area contributed by atoms with Gasteiger partial charge in [0.1, 0.15) is 0 Å². The van der Waals surface area contributed by atoms with E-state index in [1.54, 1.807) is 6.07 Å². The highest BCUT2D eigenvalue weighted by Gasteiger charge is 2.25. The zero-order chi connectivity index (χ0) is 12.7. The van der Waals surface area contributed by atoms with E-state index >= 15 is 0 Å². The number of ketones is 1. The van der Waals surface area contributed by atoms with Crippen LogP contribution in [0.2, 0.25) is 0 Å². The molecule has 88 valence electrons. The third kappa shape index (κ3) is 1.43. The van der Waals surface area contributed by atoms with Gasteiger partial charge in [-0.15, -0.1) is 0 Å². The maximum Gasteiger partial charge on any atom is 0.194 e. The molecule has 2 aromatic carbocycles. The second-order valence-electron chi connectivity index (χ2n) is 4.39. The van der Waals surface area contributed by atoms with Gasteiger partial charge in [-0.3, -0.25) is 4.79 Å². The van der Waals surface area contributed by atoms with E-state index in [9.17, 15) is 4.79 Å². The van der Waals surface area contributed by atoms with Crippen LogP contribution in [0.4, 0.5) is 0 Å². The fraction of sp³-hybridized carbons (Fsp3) is 0.0625. The molecule has 0 atom stereocenters. The van der Waals surface area contributed by atoms with Crippen molar-refractivity contribution in [3.8, 4) is 0 Å². The number of rotatable bonds is 1. The average molecular weight is 236 g/mol. The van der Waals surface area contributed by atoms with Crippen LogP contribution in [0.15, 0.2) is 49.0 Å². The van der Waals surface area contributed by atoms with Crippen LogP contribution in [0.5, 0.6) is 0 Å². The van der Waals surface area contributed by atoms with E-state index in [2.05, 4.69) is 6.58 Å². The van der Waals surface area contributed by atoms with Crippen LogP contribution in [0.3, 0.4) is 0 Å². The van der Waals surface area contributed by atoms with Crippen molar-refractivity contribution < 1.29 is 9.90 Å². The van der Waals surface area contributed by atoms with Crippen molar-refractivity contribution in [2.75, 3.05) is 0 Å². The fourth-order valence-electron chi connectivity index (χ4n) is 2.38. The highest BCUT2D eigenvalue weighted by atomic mass is 16.3. The summed E-state index contributed by atoms with van der Waals surface area (Å²) in [6, 6.07) is 12.9. The Balaban J connectivity index is 2.27. The smallest absolute Gasteiger partial charge is 0.194 e. The molecule has 0 radical (unpaired) electrons. The molecule has 1 aliphatic rings. The first-order valence-corrected chi connectivity index (χ1v) is 5.79. The molecule has 0 amide bonds. The summed E-state index contributed by atoms with van der Waals surface area (Å²) in [6.07, 6.45) is 0. The zero-order valence-corrected chi connectivity index (χ0v) is 9.81. The van der Waals surface area contributed by atoms with Gasteiger partial charge in [0.05, 0.1) is 6.61 Å². The van der Waals surface area contributed by atoms with Crippen LogP contribution in [-0.4, -0.2) is 10.9 Å². The van der Waals surface area contributed by atoms with Crippen molar-refractivity contribution in [1.82, 2.24) is 0 Å². The van der Waals surface area contributed by atoms with E-state index in [-0.39, 0.29) is 12.4 Å². The van der Waals surface area contributed by atoms with Gasteiger partial charge >= 0.3 is 0 Å². The van der Waals surface area contributed by atoms with E-state index in [4.69, 9.17) is 5.11 Å². The lowest BCUT2D eigenvalue weighted by Crippen LogP contribution is -2.14. The van der Waals surface area contributed by atoms with E-state index in [0.29, 0.717) is 11.1 Å². The largest absolute Gasteiger partial charge is 0.392 e. The number of benzene rings is 2. The minimum atomic E-state index is -0.0608. The van der Waals surface area contributed by atoms with E-state index in [1.807, 2.05) is 36.4 Å². The maximum atomic E-state index is 12.4. The zero-order valence-electron chi connectivity index (χ0n) is 9.81. The summed E-state index contributed by atoms with van der Waals surface area (Å²) in [5, 5.41) is 9.15. The van der Waals surface area contributed by atoms with E-state index < -0.39 is 0 Å². The first kappa shape index (κ1) is 10.9. The van der Waals surface area contributed by atoms with Gasteiger partial charge in [-0.05, 0) is 28.3 Å². The molecule has 3 rings (SSSR count). The third-order valence-corrected chi connectivity index (χ3v) is 3.33. The molecule has 0 aromatic heterocycles. The van der Waals surface area contributed by atoms with Crippen LogP contribution in [0.25, 0.3) is 5.57 Å². The minimum absolute atomic E-state index is 0.00306. The SMILES string of the molecule is C=C1c2ccccc2C(=O)c2cc(CO)ccc21. The molecule has 0 unspecified atom stereocenters. The molecule has 0 spiro atoms. The molecule has 2 heteroatoms.